The molecule has 0 radical (unpaired) electrons. The molecule has 1 atom stereocenters. The minimum absolute atomic E-state index is 0.107. The molecule has 128 valence electrons. The lowest BCUT2D eigenvalue weighted by Gasteiger charge is -2.25. The second-order valence-corrected chi connectivity index (χ2v) is 6.59. The first-order chi connectivity index (χ1) is 10.3. The Morgan fingerprint density at radius 2 is 1.91 bits per heavy atom. The summed E-state index contributed by atoms with van der Waals surface area (Å²) in [6.07, 6.45) is -4.48. The fraction of sp³-hybridized carbons (Fsp3) is 0.667. The van der Waals surface area contributed by atoms with Gasteiger partial charge in [-0.1, -0.05) is 20.8 Å². The molecular weight excluding hydrogens is 309 g/mol. The molecule has 1 rings (SSSR count). The largest absolute Gasteiger partial charge is 0.408 e. The first-order valence-electron chi connectivity index (χ1n) is 7.13. The Bertz CT molecular complexity index is 620. The Morgan fingerprint density at radius 1 is 1.35 bits per heavy atom. The van der Waals surface area contributed by atoms with Gasteiger partial charge in [-0.15, -0.1) is 0 Å². The lowest BCUT2D eigenvalue weighted by atomic mass is 9.87. The van der Waals surface area contributed by atoms with Gasteiger partial charge in [-0.25, -0.2) is 0 Å². The number of halogens is 3. The molecule has 1 heterocycles. The summed E-state index contributed by atoms with van der Waals surface area (Å²) in [5.41, 5.74) is 0.706. The van der Waals surface area contributed by atoms with Gasteiger partial charge in [0.25, 0.3) is 0 Å². The van der Waals surface area contributed by atoms with E-state index in [0.29, 0.717) is 17.0 Å². The number of carbonyl (C=O) groups is 1. The number of carbonyl (C=O) groups excluding carboxylic acids is 1. The van der Waals surface area contributed by atoms with E-state index in [1.165, 1.54) is 6.92 Å². The van der Waals surface area contributed by atoms with Crippen LogP contribution in [0.2, 0.25) is 0 Å². The SMILES string of the molecule is Cc1nn(CC(F)(F)F)c(C)c1CC(=O)N[C@H](C#N)C(C)(C)C. The van der Waals surface area contributed by atoms with Crippen molar-refractivity contribution >= 4 is 5.91 Å². The summed E-state index contributed by atoms with van der Waals surface area (Å²) < 4.78 is 38.3. The third-order valence-corrected chi connectivity index (χ3v) is 3.50. The summed E-state index contributed by atoms with van der Waals surface area (Å²) in [4.78, 5) is 12.1. The number of aryl methyl sites for hydroxylation is 1. The molecule has 0 spiro atoms. The first kappa shape index (κ1) is 19.0. The highest BCUT2D eigenvalue weighted by molar-refractivity contribution is 5.79. The predicted molar refractivity (Wildman–Crippen MR) is 78.5 cm³/mol. The third-order valence-electron chi connectivity index (χ3n) is 3.50. The summed E-state index contributed by atoms with van der Waals surface area (Å²) in [5.74, 6) is -0.413. The van der Waals surface area contributed by atoms with Gasteiger partial charge in [0.15, 0.2) is 0 Å². The van der Waals surface area contributed by atoms with Gasteiger partial charge in [-0.05, 0) is 19.3 Å². The highest BCUT2D eigenvalue weighted by Gasteiger charge is 2.31. The number of hydrogen-bond acceptors (Lipinski definition) is 3. The average Bonchev–Trinajstić information content (AvgIpc) is 2.60. The molecule has 23 heavy (non-hydrogen) atoms. The van der Waals surface area contributed by atoms with E-state index in [1.54, 1.807) is 6.92 Å². The van der Waals surface area contributed by atoms with E-state index in [4.69, 9.17) is 5.26 Å². The standard InChI is InChI=1S/C15H21F3N4O/c1-9-11(10(2)22(21-9)8-15(16,17)18)6-13(23)20-12(7-19)14(3,4)5/h12H,6,8H2,1-5H3,(H,20,23)/t12-/m1/s1. The summed E-state index contributed by atoms with van der Waals surface area (Å²) in [6.45, 7) is 7.33. The zero-order valence-electron chi connectivity index (χ0n) is 13.9. The van der Waals surface area contributed by atoms with Crippen LogP contribution in [-0.4, -0.2) is 27.9 Å². The van der Waals surface area contributed by atoms with Gasteiger partial charge in [0, 0.05) is 11.3 Å². The average molecular weight is 330 g/mol. The third kappa shape index (κ3) is 5.27. The molecule has 5 nitrogen and oxygen atoms in total. The van der Waals surface area contributed by atoms with Gasteiger partial charge in [-0.3, -0.25) is 9.48 Å². The van der Waals surface area contributed by atoms with Gasteiger partial charge >= 0.3 is 6.18 Å². The number of alkyl halides is 3. The highest BCUT2D eigenvalue weighted by Crippen LogP contribution is 2.22. The predicted octanol–water partition coefficient (Wildman–Crippen LogP) is 2.66. The van der Waals surface area contributed by atoms with Crippen LogP contribution in [0.5, 0.6) is 0 Å². The van der Waals surface area contributed by atoms with Crippen LogP contribution in [0.25, 0.3) is 0 Å². The fourth-order valence-corrected chi connectivity index (χ4v) is 2.13. The van der Waals surface area contributed by atoms with Crippen LogP contribution in [0.1, 0.15) is 37.7 Å². The lowest BCUT2D eigenvalue weighted by molar-refractivity contribution is -0.142. The number of nitrogens with one attached hydrogen (secondary N) is 1. The van der Waals surface area contributed by atoms with Crippen molar-refractivity contribution in [1.29, 1.82) is 5.26 Å². The Hall–Kier alpha value is -2.04. The molecule has 1 aromatic heterocycles. The lowest BCUT2D eigenvalue weighted by Crippen LogP contribution is -2.43. The molecule has 0 fully saturated rings. The summed E-state index contributed by atoms with van der Waals surface area (Å²) >= 11 is 0. The van der Waals surface area contributed by atoms with Gasteiger partial charge in [0.05, 0.1) is 18.2 Å². The van der Waals surface area contributed by atoms with Gasteiger partial charge in [0.1, 0.15) is 12.6 Å². The van der Waals surface area contributed by atoms with E-state index < -0.39 is 30.1 Å². The maximum absolute atomic E-state index is 12.5. The molecule has 0 aromatic carbocycles. The molecule has 8 heteroatoms. The number of aromatic nitrogens is 2. The van der Waals surface area contributed by atoms with Gasteiger partial charge in [-0.2, -0.15) is 23.5 Å². The molecule has 0 saturated heterocycles. The number of rotatable bonds is 4. The summed E-state index contributed by atoms with van der Waals surface area (Å²) in [5, 5.41) is 15.6. The number of nitrogens with zero attached hydrogens (tertiary/aromatic N) is 3. The molecule has 0 saturated carbocycles. The van der Waals surface area contributed by atoms with Crippen LogP contribution in [0.15, 0.2) is 0 Å². The van der Waals surface area contributed by atoms with Crippen molar-refractivity contribution in [1.82, 2.24) is 15.1 Å². The van der Waals surface area contributed by atoms with E-state index in [9.17, 15) is 18.0 Å². The molecular formula is C15H21F3N4O. The van der Waals surface area contributed by atoms with Crippen molar-refractivity contribution in [3.8, 4) is 6.07 Å². The zero-order chi connectivity index (χ0) is 18.0. The minimum atomic E-state index is -4.37. The molecule has 0 aliphatic carbocycles. The number of nitriles is 1. The zero-order valence-corrected chi connectivity index (χ0v) is 13.9. The van der Waals surface area contributed by atoms with E-state index in [2.05, 4.69) is 10.4 Å². The van der Waals surface area contributed by atoms with Crippen molar-refractivity contribution in [3.63, 3.8) is 0 Å². The van der Waals surface area contributed by atoms with E-state index >= 15 is 0 Å². The summed E-state index contributed by atoms with van der Waals surface area (Å²) in [6, 6.07) is 1.34. The monoisotopic (exact) mass is 330 g/mol. The summed E-state index contributed by atoms with van der Waals surface area (Å²) in [7, 11) is 0. The van der Waals surface area contributed by atoms with Gasteiger partial charge in [0.2, 0.25) is 5.91 Å². The van der Waals surface area contributed by atoms with Crippen molar-refractivity contribution in [2.45, 2.75) is 59.8 Å². The molecule has 0 aliphatic rings. The maximum atomic E-state index is 12.5. The van der Waals surface area contributed by atoms with Crippen molar-refractivity contribution < 1.29 is 18.0 Å². The first-order valence-corrected chi connectivity index (χ1v) is 7.13. The molecule has 1 amide bonds. The Kier molecular flexibility index (Phi) is 5.46. The second kappa shape index (κ2) is 6.60. The highest BCUT2D eigenvalue weighted by atomic mass is 19.4. The van der Waals surface area contributed by atoms with E-state index in [1.807, 2.05) is 26.8 Å². The molecule has 0 aliphatic heterocycles. The van der Waals surface area contributed by atoms with Crippen molar-refractivity contribution in [2.75, 3.05) is 0 Å². The van der Waals surface area contributed by atoms with Crippen LogP contribution >= 0.6 is 0 Å². The molecule has 1 N–H and O–H groups in total. The van der Waals surface area contributed by atoms with E-state index in [0.717, 1.165) is 4.68 Å². The van der Waals surface area contributed by atoms with E-state index in [-0.39, 0.29) is 6.42 Å². The van der Waals surface area contributed by atoms with Crippen LogP contribution in [0, 0.1) is 30.6 Å². The van der Waals surface area contributed by atoms with Crippen LogP contribution in [0.3, 0.4) is 0 Å². The van der Waals surface area contributed by atoms with Crippen LogP contribution in [0.4, 0.5) is 13.2 Å². The van der Waals surface area contributed by atoms with Crippen molar-refractivity contribution in [3.05, 3.63) is 17.0 Å². The quantitative estimate of drug-likeness (QED) is 0.922. The Labute approximate surface area is 133 Å². The molecule has 0 bridgehead atoms. The fourth-order valence-electron chi connectivity index (χ4n) is 2.13. The smallest absolute Gasteiger partial charge is 0.340 e. The molecule has 0 unspecified atom stereocenters. The Balaban J connectivity index is 2.90. The Morgan fingerprint density at radius 3 is 2.35 bits per heavy atom. The van der Waals surface area contributed by atoms with Gasteiger partial charge < -0.3 is 5.32 Å². The van der Waals surface area contributed by atoms with Crippen LogP contribution in [-0.2, 0) is 17.8 Å². The van der Waals surface area contributed by atoms with Crippen LogP contribution < -0.4 is 5.32 Å². The minimum Gasteiger partial charge on any atom is -0.340 e. The maximum Gasteiger partial charge on any atom is 0.408 e. The normalized spacial score (nSPS) is 13.5. The van der Waals surface area contributed by atoms with Crippen molar-refractivity contribution in [2.24, 2.45) is 5.41 Å². The number of amides is 1. The number of hydrogen-bond donors (Lipinski definition) is 1. The topological polar surface area (TPSA) is 70.7 Å². The second-order valence-electron chi connectivity index (χ2n) is 6.59. The molecule has 1 aromatic rings.